The van der Waals surface area contributed by atoms with E-state index in [1.54, 1.807) is 0 Å². The molecule has 7 nitrogen and oxygen atoms in total. The smallest absolute Gasteiger partial charge is 0.308 e. The van der Waals surface area contributed by atoms with Gasteiger partial charge >= 0.3 is 5.97 Å². The number of hydrogen-bond acceptors (Lipinski definition) is 5. The number of allylic oxidation sites excluding steroid dienone is 2. The molecule has 7 heteroatoms. The first-order chi connectivity index (χ1) is 14.4. The highest BCUT2D eigenvalue weighted by molar-refractivity contribution is 6.05. The number of fused-ring (bicyclic) bond motifs is 1. The number of anilines is 1. The van der Waals surface area contributed by atoms with Gasteiger partial charge in [0.05, 0.1) is 18.3 Å². The fourth-order valence-electron chi connectivity index (χ4n) is 3.84. The summed E-state index contributed by atoms with van der Waals surface area (Å²) in [4.78, 5) is 49.9. The largest absolute Gasteiger partial charge is 0.456 e. The molecule has 1 aromatic rings. The van der Waals surface area contributed by atoms with Crippen molar-refractivity contribution in [1.82, 2.24) is 4.90 Å². The third-order valence-corrected chi connectivity index (χ3v) is 5.88. The van der Waals surface area contributed by atoms with Gasteiger partial charge in [-0.15, -0.1) is 0 Å². The first-order valence-electron chi connectivity index (χ1n) is 10.5. The molecule has 3 atom stereocenters. The molecule has 1 aromatic carbocycles. The fourth-order valence-corrected chi connectivity index (χ4v) is 3.84. The summed E-state index contributed by atoms with van der Waals surface area (Å²) in [5.41, 5.74) is 1.83. The van der Waals surface area contributed by atoms with E-state index in [2.05, 4.69) is 19.2 Å². The molecule has 1 saturated heterocycles. The average molecular weight is 412 g/mol. The minimum atomic E-state index is -0.620. The molecule has 1 heterocycles. The van der Waals surface area contributed by atoms with Gasteiger partial charge in [-0.1, -0.05) is 38.1 Å². The van der Waals surface area contributed by atoms with Gasteiger partial charge in [0.1, 0.15) is 0 Å². The lowest BCUT2D eigenvalue weighted by Crippen LogP contribution is -2.33. The summed E-state index contributed by atoms with van der Waals surface area (Å²) < 4.78 is 4.99. The van der Waals surface area contributed by atoms with Crippen LogP contribution in [0.15, 0.2) is 36.4 Å². The lowest BCUT2D eigenvalue weighted by Gasteiger charge is -2.14. The van der Waals surface area contributed by atoms with Crippen molar-refractivity contribution in [2.75, 3.05) is 18.5 Å². The molecule has 0 radical (unpaired) electrons. The Hall–Kier alpha value is -2.96. The highest BCUT2D eigenvalue weighted by Gasteiger charge is 2.46. The van der Waals surface area contributed by atoms with Gasteiger partial charge in [0, 0.05) is 12.2 Å². The molecule has 0 aromatic heterocycles. The van der Waals surface area contributed by atoms with Crippen molar-refractivity contribution in [2.45, 2.75) is 45.4 Å². The number of amides is 3. The van der Waals surface area contributed by atoms with Gasteiger partial charge in [-0.2, -0.15) is 0 Å². The zero-order valence-corrected chi connectivity index (χ0v) is 17.4. The summed E-state index contributed by atoms with van der Waals surface area (Å²) in [6, 6.07) is 7.57. The van der Waals surface area contributed by atoms with Crippen molar-refractivity contribution >= 4 is 29.4 Å². The van der Waals surface area contributed by atoms with Gasteiger partial charge in [0.15, 0.2) is 6.61 Å². The highest BCUT2D eigenvalue weighted by atomic mass is 16.5. The zero-order chi connectivity index (χ0) is 21.7. The van der Waals surface area contributed by atoms with E-state index >= 15 is 0 Å². The third-order valence-electron chi connectivity index (χ3n) is 5.88. The number of rotatable bonds is 8. The molecule has 0 unspecified atom stereocenters. The number of likely N-dealkylation sites (tertiary alicyclic amines) is 1. The Labute approximate surface area is 176 Å². The zero-order valence-electron chi connectivity index (χ0n) is 17.4. The predicted octanol–water partition coefficient (Wildman–Crippen LogP) is 3.02. The second kappa shape index (κ2) is 9.69. The fraction of sp³-hybridized carbons (Fsp3) is 0.478. The van der Waals surface area contributed by atoms with Crippen LogP contribution in [0, 0.1) is 11.8 Å². The first kappa shape index (κ1) is 21.7. The Bertz CT molecular complexity index is 820. The Kier molecular flexibility index (Phi) is 7.03. The molecule has 0 bridgehead atoms. The number of benzene rings is 1. The molecular formula is C23H28N2O5. The summed E-state index contributed by atoms with van der Waals surface area (Å²) in [5.74, 6) is -1.67. The molecule has 0 spiro atoms. The lowest BCUT2D eigenvalue weighted by atomic mass is 9.85. The number of carbonyl (C=O) groups excluding carboxylic acids is 4. The van der Waals surface area contributed by atoms with E-state index < -0.39 is 18.5 Å². The van der Waals surface area contributed by atoms with Crippen LogP contribution in [0.5, 0.6) is 0 Å². The summed E-state index contributed by atoms with van der Waals surface area (Å²) in [5, 5.41) is 2.68. The van der Waals surface area contributed by atoms with Gasteiger partial charge in [-0.3, -0.25) is 24.1 Å². The number of esters is 1. The van der Waals surface area contributed by atoms with Crippen molar-refractivity contribution < 1.29 is 23.9 Å². The van der Waals surface area contributed by atoms with E-state index in [1.165, 1.54) is 5.56 Å². The Balaban J connectivity index is 1.41. The molecule has 1 fully saturated rings. The van der Waals surface area contributed by atoms with Crippen LogP contribution in [-0.4, -0.2) is 41.7 Å². The number of nitrogens with zero attached hydrogens (tertiary/aromatic N) is 1. The second-order valence-corrected chi connectivity index (χ2v) is 7.87. The maximum absolute atomic E-state index is 12.4. The Morgan fingerprint density at radius 1 is 1.10 bits per heavy atom. The second-order valence-electron chi connectivity index (χ2n) is 7.87. The molecular weight excluding hydrogens is 384 g/mol. The Morgan fingerprint density at radius 2 is 1.70 bits per heavy atom. The van der Waals surface area contributed by atoms with Gasteiger partial charge in [-0.25, -0.2) is 0 Å². The molecule has 2 aliphatic rings. The normalized spacial score (nSPS) is 21.3. The topological polar surface area (TPSA) is 92.8 Å². The number of imide groups is 1. The number of hydrogen-bond donors (Lipinski definition) is 1. The van der Waals surface area contributed by atoms with Crippen LogP contribution in [0.3, 0.4) is 0 Å². The van der Waals surface area contributed by atoms with Crippen LogP contribution in [0.2, 0.25) is 0 Å². The molecule has 1 N–H and O–H groups in total. The van der Waals surface area contributed by atoms with Gasteiger partial charge in [0.25, 0.3) is 5.91 Å². The summed E-state index contributed by atoms with van der Waals surface area (Å²) in [6.45, 7) is 3.83. The van der Waals surface area contributed by atoms with Crippen molar-refractivity contribution in [3.8, 4) is 0 Å². The molecule has 1 aliphatic carbocycles. The van der Waals surface area contributed by atoms with Gasteiger partial charge in [-0.05, 0) is 42.9 Å². The quantitative estimate of drug-likeness (QED) is 0.402. The van der Waals surface area contributed by atoms with E-state index in [0.717, 1.165) is 11.3 Å². The molecule has 3 rings (SSSR count). The van der Waals surface area contributed by atoms with E-state index in [0.29, 0.717) is 24.4 Å². The number of ether oxygens (including phenoxy) is 1. The van der Waals surface area contributed by atoms with Gasteiger partial charge in [0.2, 0.25) is 11.8 Å². The van der Waals surface area contributed by atoms with Gasteiger partial charge < -0.3 is 10.1 Å². The summed E-state index contributed by atoms with van der Waals surface area (Å²) >= 11 is 0. The number of nitrogens with one attached hydrogen (secondary N) is 1. The van der Waals surface area contributed by atoms with Crippen molar-refractivity contribution in [2.24, 2.45) is 11.8 Å². The maximum Gasteiger partial charge on any atom is 0.308 e. The van der Waals surface area contributed by atoms with E-state index in [4.69, 9.17) is 4.74 Å². The molecule has 3 amide bonds. The molecule has 0 saturated carbocycles. The summed E-state index contributed by atoms with van der Waals surface area (Å²) in [6.07, 6.45) is 5.88. The molecule has 1 aliphatic heterocycles. The number of carbonyl (C=O) groups is 4. The SMILES string of the molecule is CC[C@H](C)c1ccc(NC(=O)COC(=O)CCN2C(=O)[C@H]3CC=CC[C@@H]3C2=O)cc1. The van der Waals surface area contributed by atoms with E-state index in [9.17, 15) is 19.2 Å². The minimum absolute atomic E-state index is 0.0117. The predicted molar refractivity (Wildman–Crippen MR) is 111 cm³/mol. The van der Waals surface area contributed by atoms with Crippen molar-refractivity contribution in [3.63, 3.8) is 0 Å². The molecule has 30 heavy (non-hydrogen) atoms. The van der Waals surface area contributed by atoms with Crippen LogP contribution in [0.4, 0.5) is 5.69 Å². The van der Waals surface area contributed by atoms with Crippen LogP contribution in [-0.2, 0) is 23.9 Å². The van der Waals surface area contributed by atoms with Crippen molar-refractivity contribution in [1.29, 1.82) is 0 Å². The lowest BCUT2D eigenvalue weighted by molar-refractivity contribution is -0.148. The molecule has 160 valence electrons. The first-order valence-corrected chi connectivity index (χ1v) is 10.5. The van der Waals surface area contributed by atoms with Crippen LogP contribution in [0.1, 0.15) is 51.0 Å². The monoisotopic (exact) mass is 412 g/mol. The highest BCUT2D eigenvalue weighted by Crippen LogP contribution is 2.35. The van der Waals surface area contributed by atoms with E-state index in [1.807, 2.05) is 36.4 Å². The Morgan fingerprint density at radius 3 is 2.27 bits per heavy atom. The average Bonchev–Trinajstić information content (AvgIpc) is 3.01. The standard InChI is InChI=1S/C23H28N2O5/c1-3-15(2)16-8-10-17(11-9-16)24-20(26)14-30-21(27)12-13-25-22(28)18-6-4-5-7-19(18)23(25)29/h4-5,8-11,15,18-19H,3,6-7,12-14H2,1-2H3,(H,24,26)/t15-,18-,19-/m0/s1. The minimum Gasteiger partial charge on any atom is -0.456 e. The third kappa shape index (κ3) is 4.96. The van der Waals surface area contributed by atoms with Crippen molar-refractivity contribution in [3.05, 3.63) is 42.0 Å². The van der Waals surface area contributed by atoms with Crippen LogP contribution >= 0.6 is 0 Å². The van der Waals surface area contributed by atoms with Crippen LogP contribution in [0.25, 0.3) is 0 Å². The maximum atomic E-state index is 12.4. The summed E-state index contributed by atoms with van der Waals surface area (Å²) in [7, 11) is 0. The van der Waals surface area contributed by atoms with Crippen LogP contribution < -0.4 is 5.32 Å². The van der Waals surface area contributed by atoms with E-state index in [-0.39, 0.29) is 36.6 Å².